The SMILES string of the molecule is CC[C@@H](N)c1c(C(F)(F)F)ccc(Br)c1O.Cl. The molecule has 0 spiro atoms. The first-order chi connectivity index (χ1) is 7.29. The lowest BCUT2D eigenvalue weighted by Gasteiger charge is -2.19. The molecule has 0 aliphatic carbocycles. The zero-order valence-corrected chi connectivity index (χ0v) is 11.3. The van der Waals surface area contributed by atoms with Crippen LogP contribution in [0.15, 0.2) is 16.6 Å². The van der Waals surface area contributed by atoms with E-state index in [-0.39, 0.29) is 22.4 Å². The molecule has 0 saturated carbocycles. The van der Waals surface area contributed by atoms with Crippen molar-refractivity contribution in [3.05, 3.63) is 27.7 Å². The van der Waals surface area contributed by atoms with Crippen LogP contribution in [0.1, 0.15) is 30.5 Å². The summed E-state index contributed by atoms with van der Waals surface area (Å²) >= 11 is 2.97. The van der Waals surface area contributed by atoms with Crippen molar-refractivity contribution in [3.63, 3.8) is 0 Å². The summed E-state index contributed by atoms with van der Waals surface area (Å²) in [7, 11) is 0. The number of hydrogen-bond donors (Lipinski definition) is 2. The van der Waals surface area contributed by atoms with Crippen molar-refractivity contribution in [1.82, 2.24) is 0 Å². The second-order valence-corrected chi connectivity index (χ2v) is 4.22. The largest absolute Gasteiger partial charge is 0.506 e. The van der Waals surface area contributed by atoms with E-state index >= 15 is 0 Å². The lowest BCUT2D eigenvalue weighted by Crippen LogP contribution is -2.17. The van der Waals surface area contributed by atoms with Gasteiger partial charge in [0, 0.05) is 11.6 Å². The number of phenols is 1. The lowest BCUT2D eigenvalue weighted by atomic mass is 9.97. The Morgan fingerprint density at radius 3 is 2.35 bits per heavy atom. The minimum Gasteiger partial charge on any atom is -0.506 e. The van der Waals surface area contributed by atoms with Crippen LogP contribution in [0, 0.1) is 0 Å². The van der Waals surface area contributed by atoms with Gasteiger partial charge in [0.1, 0.15) is 5.75 Å². The van der Waals surface area contributed by atoms with E-state index in [4.69, 9.17) is 5.73 Å². The number of phenolic OH excluding ortho intramolecular Hbond substituents is 1. The third-order valence-electron chi connectivity index (χ3n) is 2.28. The summed E-state index contributed by atoms with van der Waals surface area (Å²) in [4.78, 5) is 0. The molecule has 0 fully saturated rings. The standard InChI is InChI=1S/C10H11BrF3NO.ClH/c1-2-7(15)8-5(10(12,13)14)3-4-6(11)9(8)16;/h3-4,7,16H,2,15H2,1H3;1H/t7-;/m1./s1. The van der Waals surface area contributed by atoms with Crippen LogP contribution in [0.3, 0.4) is 0 Å². The molecule has 17 heavy (non-hydrogen) atoms. The van der Waals surface area contributed by atoms with Gasteiger partial charge in [0.15, 0.2) is 0 Å². The molecule has 0 aromatic heterocycles. The molecule has 0 radical (unpaired) electrons. The predicted octanol–water partition coefficient (Wildman–Crippen LogP) is 4.01. The van der Waals surface area contributed by atoms with E-state index in [1.54, 1.807) is 6.92 Å². The summed E-state index contributed by atoms with van der Waals surface area (Å²) in [6, 6.07) is 1.23. The fourth-order valence-corrected chi connectivity index (χ4v) is 1.75. The number of hydrogen-bond acceptors (Lipinski definition) is 2. The van der Waals surface area contributed by atoms with Gasteiger partial charge in [-0.25, -0.2) is 0 Å². The summed E-state index contributed by atoms with van der Waals surface area (Å²) in [5.74, 6) is -0.441. The Morgan fingerprint density at radius 2 is 1.94 bits per heavy atom. The van der Waals surface area contributed by atoms with Crippen molar-refractivity contribution in [2.45, 2.75) is 25.6 Å². The number of benzene rings is 1. The first kappa shape index (κ1) is 16.5. The summed E-state index contributed by atoms with van der Waals surface area (Å²) in [5, 5.41) is 9.62. The Bertz CT molecular complexity index is 398. The van der Waals surface area contributed by atoms with Gasteiger partial charge < -0.3 is 10.8 Å². The number of rotatable bonds is 2. The highest BCUT2D eigenvalue weighted by Crippen LogP contribution is 2.42. The van der Waals surface area contributed by atoms with Crippen LogP contribution in [0.25, 0.3) is 0 Å². The second kappa shape index (κ2) is 5.93. The molecule has 2 nitrogen and oxygen atoms in total. The molecule has 1 rings (SSSR count). The van der Waals surface area contributed by atoms with Crippen LogP contribution in [-0.4, -0.2) is 5.11 Å². The van der Waals surface area contributed by atoms with Gasteiger partial charge in [0.05, 0.1) is 10.0 Å². The number of alkyl halides is 3. The fraction of sp³-hybridized carbons (Fsp3) is 0.400. The highest BCUT2D eigenvalue weighted by molar-refractivity contribution is 9.10. The Kier molecular flexibility index (Phi) is 5.77. The van der Waals surface area contributed by atoms with E-state index in [1.807, 2.05) is 0 Å². The Balaban J connectivity index is 0.00000256. The minimum atomic E-state index is -4.51. The van der Waals surface area contributed by atoms with E-state index < -0.39 is 23.5 Å². The lowest BCUT2D eigenvalue weighted by molar-refractivity contribution is -0.138. The van der Waals surface area contributed by atoms with Gasteiger partial charge in [-0.2, -0.15) is 13.2 Å². The molecule has 0 aliphatic rings. The van der Waals surface area contributed by atoms with Gasteiger partial charge in [-0.05, 0) is 34.5 Å². The molecule has 1 aromatic rings. The minimum absolute atomic E-state index is 0. The zero-order chi connectivity index (χ0) is 12.5. The molecule has 0 heterocycles. The molecule has 1 atom stereocenters. The maximum Gasteiger partial charge on any atom is 0.416 e. The maximum absolute atomic E-state index is 12.7. The van der Waals surface area contributed by atoms with Crippen LogP contribution in [-0.2, 0) is 6.18 Å². The smallest absolute Gasteiger partial charge is 0.416 e. The highest BCUT2D eigenvalue weighted by Gasteiger charge is 2.36. The topological polar surface area (TPSA) is 46.2 Å². The van der Waals surface area contributed by atoms with E-state index in [9.17, 15) is 18.3 Å². The number of halogens is 5. The van der Waals surface area contributed by atoms with Gasteiger partial charge >= 0.3 is 6.18 Å². The first-order valence-electron chi connectivity index (χ1n) is 4.63. The number of nitrogens with two attached hydrogens (primary N) is 1. The normalized spacial score (nSPS) is 13.1. The summed E-state index contributed by atoms with van der Waals surface area (Å²) in [5.41, 5.74) is 4.43. The molecule has 0 bridgehead atoms. The van der Waals surface area contributed by atoms with Gasteiger partial charge in [-0.3, -0.25) is 0 Å². The van der Waals surface area contributed by atoms with Crippen molar-refractivity contribution in [3.8, 4) is 5.75 Å². The van der Waals surface area contributed by atoms with Gasteiger partial charge in [0.2, 0.25) is 0 Å². The molecule has 0 amide bonds. The molecule has 0 unspecified atom stereocenters. The molecule has 0 saturated heterocycles. The van der Waals surface area contributed by atoms with Gasteiger partial charge in [0.25, 0.3) is 0 Å². The molecule has 1 aromatic carbocycles. The third-order valence-corrected chi connectivity index (χ3v) is 2.92. The van der Waals surface area contributed by atoms with Crippen molar-refractivity contribution in [2.24, 2.45) is 5.73 Å². The van der Waals surface area contributed by atoms with Crippen LogP contribution < -0.4 is 5.73 Å². The Hall–Kier alpha value is -0.460. The Morgan fingerprint density at radius 1 is 1.41 bits per heavy atom. The molecule has 98 valence electrons. The van der Waals surface area contributed by atoms with Crippen molar-refractivity contribution < 1.29 is 18.3 Å². The fourth-order valence-electron chi connectivity index (χ4n) is 1.41. The zero-order valence-electron chi connectivity index (χ0n) is 8.88. The monoisotopic (exact) mass is 333 g/mol. The van der Waals surface area contributed by atoms with Crippen LogP contribution >= 0.6 is 28.3 Å². The first-order valence-corrected chi connectivity index (χ1v) is 5.42. The predicted molar refractivity (Wildman–Crippen MR) is 65.3 cm³/mol. The van der Waals surface area contributed by atoms with E-state index in [1.165, 1.54) is 0 Å². The average molecular weight is 335 g/mol. The summed E-state index contributed by atoms with van der Waals surface area (Å²) < 4.78 is 38.2. The maximum atomic E-state index is 12.7. The van der Waals surface area contributed by atoms with E-state index in [0.717, 1.165) is 12.1 Å². The molecular formula is C10H12BrClF3NO. The molecule has 3 N–H and O–H groups in total. The third kappa shape index (κ3) is 3.50. The number of aromatic hydroxyl groups is 1. The van der Waals surface area contributed by atoms with Crippen LogP contribution in [0.5, 0.6) is 5.75 Å². The second-order valence-electron chi connectivity index (χ2n) is 3.37. The van der Waals surface area contributed by atoms with Crippen molar-refractivity contribution >= 4 is 28.3 Å². The van der Waals surface area contributed by atoms with Crippen LogP contribution in [0.4, 0.5) is 13.2 Å². The van der Waals surface area contributed by atoms with Crippen LogP contribution in [0.2, 0.25) is 0 Å². The highest BCUT2D eigenvalue weighted by atomic mass is 79.9. The van der Waals surface area contributed by atoms with Crippen molar-refractivity contribution in [1.29, 1.82) is 0 Å². The Labute approximate surface area is 112 Å². The van der Waals surface area contributed by atoms with E-state index in [0.29, 0.717) is 6.42 Å². The van der Waals surface area contributed by atoms with E-state index in [2.05, 4.69) is 15.9 Å². The summed E-state index contributed by atoms with van der Waals surface area (Å²) in [6.45, 7) is 1.66. The molecule has 0 aliphatic heterocycles. The molecule has 7 heteroatoms. The quantitative estimate of drug-likeness (QED) is 0.858. The average Bonchev–Trinajstić information content (AvgIpc) is 2.19. The summed E-state index contributed by atoms with van der Waals surface area (Å²) in [6.07, 6.45) is -4.20. The molecular weight excluding hydrogens is 322 g/mol. The van der Waals surface area contributed by atoms with Crippen molar-refractivity contribution in [2.75, 3.05) is 0 Å². The van der Waals surface area contributed by atoms with Gasteiger partial charge in [-0.1, -0.05) is 6.92 Å². The van der Waals surface area contributed by atoms with Gasteiger partial charge in [-0.15, -0.1) is 12.4 Å².